The lowest BCUT2D eigenvalue weighted by Gasteiger charge is -2.35. The molecule has 228 valence electrons. The van der Waals surface area contributed by atoms with Crippen LogP contribution in [-0.2, 0) is 0 Å². The minimum Gasteiger partial charge on any atom is -0.490 e. The zero-order valence-corrected chi connectivity index (χ0v) is 25.7. The van der Waals surface area contributed by atoms with Crippen LogP contribution in [0.25, 0.3) is 27.8 Å². The largest absolute Gasteiger partial charge is 0.490 e. The predicted molar refractivity (Wildman–Crippen MR) is 172 cm³/mol. The Labute approximate surface area is 255 Å². The van der Waals surface area contributed by atoms with Gasteiger partial charge in [0.2, 0.25) is 5.82 Å². The Balaban J connectivity index is 1.21. The molecule has 0 radical (unpaired) electrons. The highest BCUT2D eigenvalue weighted by Crippen LogP contribution is 2.42. The van der Waals surface area contributed by atoms with E-state index in [1.165, 1.54) is 31.7 Å². The fraction of sp³-hybridized carbons (Fsp3) is 0.436. The van der Waals surface area contributed by atoms with E-state index in [1.807, 2.05) is 24.3 Å². The SMILES string of the molecule is CC=CC1CCC(C2CC=C(c3ccc(-c4ccc(-c5ccc(OCCCCCC)c(F)c5F)cc4)cc3F)CC2)CC1. The predicted octanol–water partition coefficient (Wildman–Crippen LogP) is 12.0. The lowest BCUT2D eigenvalue weighted by Crippen LogP contribution is -2.22. The number of hydrogen-bond donors (Lipinski definition) is 0. The summed E-state index contributed by atoms with van der Waals surface area (Å²) in [6, 6.07) is 15.6. The van der Waals surface area contributed by atoms with Crippen LogP contribution >= 0.6 is 0 Å². The maximum absolute atomic E-state index is 15.4. The van der Waals surface area contributed by atoms with Crippen molar-refractivity contribution in [2.75, 3.05) is 6.61 Å². The molecule has 2 aliphatic rings. The highest BCUT2D eigenvalue weighted by atomic mass is 19.2. The summed E-state index contributed by atoms with van der Waals surface area (Å²) in [6.45, 7) is 4.60. The van der Waals surface area contributed by atoms with Gasteiger partial charge in [0, 0.05) is 11.1 Å². The molecule has 0 aliphatic heterocycles. The number of unbranched alkanes of at least 4 members (excludes halogenated alkanes) is 3. The molecular formula is C39H45F3O. The molecule has 1 unspecified atom stereocenters. The standard InChI is InChI=1S/C39H45F3O/c1-3-5-6-7-25-43-37-24-23-35(38(41)39(37)42)32-19-15-30(16-20-32)33-21-22-34(36(40)26-33)31-17-13-29(14-18-31)28-11-9-27(8-4-2)10-12-28/h4,8,15-17,19-24,26-29H,3,5-7,9-14,18,25H2,1-2H3. The molecule has 0 heterocycles. The van der Waals surface area contributed by atoms with E-state index in [4.69, 9.17) is 4.74 Å². The zero-order valence-electron chi connectivity index (χ0n) is 25.7. The average Bonchev–Trinajstić information content (AvgIpc) is 3.04. The van der Waals surface area contributed by atoms with Crippen LogP contribution in [-0.4, -0.2) is 6.61 Å². The topological polar surface area (TPSA) is 9.23 Å². The van der Waals surface area contributed by atoms with Crippen LogP contribution in [0.4, 0.5) is 13.2 Å². The first-order chi connectivity index (χ1) is 21.0. The molecular weight excluding hydrogens is 541 g/mol. The van der Waals surface area contributed by atoms with Crippen LogP contribution in [0.15, 0.2) is 72.8 Å². The molecule has 1 saturated carbocycles. The Morgan fingerprint density at radius 3 is 2.14 bits per heavy atom. The normalized spacial score (nSPS) is 20.8. The lowest BCUT2D eigenvalue weighted by atomic mass is 9.71. The maximum atomic E-state index is 15.4. The van der Waals surface area contributed by atoms with E-state index in [2.05, 4.69) is 32.1 Å². The van der Waals surface area contributed by atoms with Gasteiger partial charge in [0.25, 0.3) is 0 Å². The Kier molecular flexibility index (Phi) is 10.8. The van der Waals surface area contributed by atoms with Crippen molar-refractivity contribution in [2.24, 2.45) is 17.8 Å². The van der Waals surface area contributed by atoms with Gasteiger partial charge in [-0.3, -0.25) is 0 Å². The second kappa shape index (κ2) is 14.9. The first-order valence-electron chi connectivity index (χ1n) is 16.3. The summed E-state index contributed by atoms with van der Waals surface area (Å²) in [6.07, 6.45) is 19.2. The van der Waals surface area contributed by atoms with Crippen LogP contribution < -0.4 is 4.74 Å². The molecule has 0 N–H and O–H groups in total. The monoisotopic (exact) mass is 586 g/mol. The van der Waals surface area contributed by atoms with Crippen LogP contribution in [0.1, 0.15) is 90.0 Å². The molecule has 2 aliphatic carbocycles. The summed E-state index contributed by atoms with van der Waals surface area (Å²) in [5.74, 6) is 0.116. The minimum atomic E-state index is -0.963. The molecule has 0 amide bonds. The number of rotatable bonds is 11. The van der Waals surface area contributed by atoms with Gasteiger partial charge in [-0.25, -0.2) is 8.78 Å². The third-order valence-corrected chi connectivity index (χ3v) is 9.55. The van der Waals surface area contributed by atoms with Crippen molar-refractivity contribution in [3.05, 3.63) is 95.8 Å². The Bertz CT molecular complexity index is 1410. The Morgan fingerprint density at radius 2 is 1.47 bits per heavy atom. The first-order valence-corrected chi connectivity index (χ1v) is 16.3. The summed E-state index contributed by atoms with van der Waals surface area (Å²) in [5, 5.41) is 0. The van der Waals surface area contributed by atoms with Gasteiger partial charge >= 0.3 is 0 Å². The van der Waals surface area contributed by atoms with Crippen molar-refractivity contribution >= 4 is 5.57 Å². The van der Waals surface area contributed by atoms with Crippen molar-refractivity contribution in [3.8, 4) is 28.0 Å². The van der Waals surface area contributed by atoms with E-state index in [0.717, 1.165) is 73.5 Å². The van der Waals surface area contributed by atoms with Crippen molar-refractivity contribution in [3.63, 3.8) is 0 Å². The van der Waals surface area contributed by atoms with Crippen molar-refractivity contribution < 1.29 is 17.9 Å². The van der Waals surface area contributed by atoms with Crippen molar-refractivity contribution in [1.29, 1.82) is 0 Å². The van der Waals surface area contributed by atoms with Gasteiger partial charge in [0.1, 0.15) is 5.82 Å². The summed E-state index contributed by atoms with van der Waals surface area (Å²) in [5.41, 5.74) is 4.14. The van der Waals surface area contributed by atoms with Gasteiger partial charge in [0.15, 0.2) is 11.6 Å². The lowest BCUT2D eigenvalue weighted by molar-refractivity contribution is 0.212. The van der Waals surface area contributed by atoms with E-state index in [-0.39, 0.29) is 17.1 Å². The summed E-state index contributed by atoms with van der Waals surface area (Å²) < 4.78 is 50.5. The first kappa shape index (κ1) is 31.2. The van der Waals surface area contributed by atoms with E-state index in [9.17, 15) is 8.78 Å². The number of halogens is 3. The average molecular weight is 587 g/mol. The van der Waals surface area contributed by atoms with Gasteiger partial charge in [-0.2, -0.15) is 4.39 Å². The molecule has 1 fully saturated rings. The van der Waals surface area contributed by atoms with Crippen LogP contribution in [0.5, 0.6) is 5.75 Å². The molecule has 0 spiro atoms. The fourth-order valence-electron chi connectivity index (χ4n) is 6.98. The minimum absolute atomic E-state index is 0.0549. The van der Waals surface area contributed by atoms with Crippen LogP contribution in [0.2, 0.25) is 0 Å². The zero-order chi connectivity index (χ0) is 30.2. The van der Waals surface area contributed by atoms with Crippen LogP contribution in [0, 0.1) is 35.2 Å². The number of benzene rings is 3. The van der Waals surface area contributed by atoms with Gasteiger partial charge in [-0.1, -0.05) is 80.8 Å². The molecule has 3 aromatic rings. The highest BCUT2D eigenvalue weighted by Gasteiger charge is 2.28. The number of allylic oxidation sites excluding steroid dienone is 4. The van der Waals surface area contributed by atoms with Gasteiger partial charge in [0.05, 0.1) is 6.61 Å². The second-order valence-corrected chi connectivity index (χ2v) is 12.4. The maximum Gasteiger partial charge on any atom is 0.201 e. The molecule has 0 bridgehead atoms. The van der Waals surface area contributed by atoms with Crippen LogP contribution in [0.3, 0.4) is 0 Å². The van der Waals surface area contributed by atoms with E-state index < -0.39 is 11.6 Å². The van der Waals surface area contributed by atoms with E-state index in [0.29, 0.717) is 23.7 Å². The second-order valence-electron chi connectivity index (χ2n) is 12.4. The summed E-state index contributed by atoms with van der Waals surface area (Å²) in [4.78, 5) is 0. The Morgan fingerprint density at radius 1 is 0.744 bits per heavy atom. The fourth-order valence-corrected chi connectivity index (χ4v) is 6.98. The smallest absolute Gasteiger partial charge is 0.201 e. The quantitative estimate of drug-likeness (QED) is 0.160. The number of ether oxygens (including phenoxy) is 1. The highest BCUT2D eigenvalue weighted by molar-refractivity contribution is 5.74. The molecule has 3 aromatic carbocycles. The van der Waals surface area contributed by atoms with Gasteiger partial charge in [-0.05, 0) is 117 Å². The van der Waals surface area contributed by atoms with E-state index >= 15 is 4.39 Å². The third kappa shape index (κ3) is 7.63. The summed E-state index contributed by atoms with van der Waals surface area (Å²) >= 11 is 0. The molecule has 1 nitrogen and oxygen atoms in total. The molecule has 1 atom stereocenters. The Hall–Kier alpha value is -3.27. The molecule has 43 heavy (non-hydrogen) atoms. The van der Waals surface area contributed by atoms with Crippen molar-refractivity contribution in [2.45, 2.75) is 84.5 Å². The molecule has 0 aromatic heterocycles. The third-order valence-electron chi connectivity index (χ3n) is 9.55. The number of hydrogen-bond acceptors (Lipinski definition) is 1. The van der Waals surface area contributed by atoms with Crippen molar-refractivity contribution in [1.82, 2.24) is 0 Å². The molecule has 5 rings (SSSR count). The van der Waals surface area contributed by atoms with E-state index in [1.54, 1.807) is 24.3 Å². The van der Waals surface area contributed by atoms with Gasteiger partial charge in [-0.15, -0.1) is 0 Å². The molecule has 0 saturated heterocycles. The van der Waals surface area contributed by atoms with Gasteiger partial charge < -0.3 is 4.74 Å². The summed E-state index contributed by atoms with van der Waals surface area (Å²) in [7, 11) is 0. The molecule has 4 heteroatoms.